The summed E-state index contributed by atoms with van der Waals surface area (Å²) in [5.74, 6) is 0.539. The molecule has 4 nitrogen and oxygen atoms in total. The summed E-state index contributed by atoms with van der Waals surface area (Å²) >= 11 is 0. The van der Waals surface area contributed by atoms with E-state index in [4.69, 9.17) is 4.74 Å². The third kappa shape index (κ3) is 4.44. The van der Waals surface area contributed by atoms with Crippen LogP contribution in [0.25, 0.3) is 0 Å². The third-order valence-corrected chi connectivity index (χ3v) is 3.69. The van der Waals surface area contributed by atoms with E-state index in [1.807, 2.05) is 0 Å². The molecule has 0 radical (unpaired) electrons. The smallest absolute Gasteiger partial charge is 0.123 e. The van der Waals surface area contributed by atoms with Crippen molar-refractivity contribution in [1.82, 2.24) is 15.1 Å². The summed E-state index contributed by atoms with van der Waals surface area (Å²) in [6, 6.07) is 4.68. The van der Waals surface area contributed by atoms with Crippen LogP contribution < -0.4 is 10.1 Å². The SMILES string of the molecule is COc1ccc(F)cc1CN(C)CCN1CCNCC1. The Morgan fingerprint density at radius 1 is 1.35 bits per heavy atom. The average Bonchev–Trinajstić information content (AvgIpc) is 2.46. The van der Waals surface area contributed by atoms with Crippen LogP contribution in [0.4, 0.5) is 4.39 Å². The van der Waals surface area contributed by atoms with Crippen molar-refractivity contribution in [3.05, 3.63) is 29.6 Å². The molecule has 0 aliphatic carbocycles. The molecular formula is C15H24FN3O. The molecule has 0 bridgehead atoms. The molecular weight excluding hydrogens is 257 g/mol. The van der Waals surface area contributed by atoms with Crippen LogP contribution in [0.15, 0.2) is 18.2 Å². The summed E-state index contributed by atoms with van der Waals surface area (Å²) in [5, 5.41) is 3.35. The van der Waals surface area contributed by atoms with Gasteiger partial charge in [-0.3, -0.25) is 4.90 Å². The lowest BCUT2D eigenvalue weighted by molar-refractivity contribution is 0.201. The molecule has 0 saturated carbocycles. The molecule has 1 aromatic carbocycles. The summed E-state index contributed by atoms with van der Waals surface area (Å²) in [6.07, 6.45) is 0. The van der Waals surface area contributed by atoms with Crippen molar-refractivity contribution in [2.24, 2.45) is 0 Å². The van der Waals surface area contributed by atoms with Gasteiger partial charge in [-0.1, -0.05) is 0 Å². The Bertz CT molecular complexity index is 422. The minimum Gasteiger partial charge on any atom is -0.496 e. The summed E-state index contributed by atoms with van der Waals surface area (Å²) in [5.41, 5.74) is 0.898. The van der Waals surface area contributed by atoms with Crippen molar-refractivity contribution in [3.8, 4) is 5.75 Å². The monoisotopic (exact) mass is 281 g/mol. The number of likely N-dealkylation sites (N-methyl/N-ethyl adjacent to an activating group) is 1. The molecule has 1 heterocycles. The maximum absolute atomic E-state index is 13.3. The van der Waals surface area contributed by atoms with Crippen LogP contribution in [0, 0.1) is 5.82 Å². The Morgan fingerprint density at radius 2 is 2.10 bits per heavy atom. The van der Waals surface area contributed by atoms with E-state index in [-0.39, 0.29) is 5.82 Å². The Hall–Kier alpha value is -1.17. The highest BCUT2D eigenvalue weighted by Crippen LogP contribution is 2.20. The number of methoxy groups -OCH3 is 1. The molecule has 1 aromatic rings. The van der Waals surface area contributed by atoms with Crippen LogP contribution in [0.2, 0.25) is 0 Å². The van der Waals surface area contributed by atoms with E-state index in [0.717, 1.165) is 50.6 Å². The first-order chi connectivity index (χ1) is 9.69. The van der Waals surface area contributed by atoms with Crippen molar-refractivity contribution >= 4 is 0 Å². The number of piperazine rings is 1. The Morgan fingerprint density at radius 3 is 2.80 bits per heavy atom. The summed E-state index contributed by atoms with van der Waals surface area (Å²) in [7, 11) is 3.68. The van der Waals surface area contributed by atoms with Crippen molar-refractivity contribution < 1.29 is 9.13 Å². The highest BCUT2D eigenvalue weighted by molar-refractivity contribution is 5.33. The Kier molecular flexibility index (Phi) is 5.76. The minimum atomic E-state index is -0.212. The topological polar surface area (TPSA) is 27.7 Å². The number of hydrogen-bond donors (Lipinski definition) is 1. The first-order valence-electron chi connectivity index (χ1n) is 7.13. The highest BCUT2D eigenvalue weighted by atomic mass is 19.1. The van der Waals surface area contributed by atoms with Crippen LogP contribution in [0.5, 0.6) is 5.75 Å². The molecule has 1 fully saturated rings. The zero-order chi connectivity index (χ0) is 14.4. The molecule has 1 saturated heterocycles. The molecule has 0 aromatic heterocycles. The highest BCUT2D eigenvalue weighted by Gasteiger charge is 2.12. The molecule has 0 amide bonds. The number of benzene rings is 1. The number of rotatable bonds is 6. The van der Waals surface area contributed by atoms with Gasteiger partial charge in [0.1, 0.15) is 11.6 Å². The van der Waals surface area contributed by atoms with E-state index in [1.54, 1.807) is 19.2 Å². The lowest BCUT2D eigenvalue weighted by Gasteiger charge is -2.29. The second-order valence-corrected chi connectivity index (χ2v) is 5.29. The predicted molar refractivity (Wildman–Crippen MR) is 78.6 cm³/mol. The number of nitrogens with one attached hydrogen (secondary N) is 1. The molecule has 1 N–H and O–H groups in total. The van der Waals surface area contributed by atoms with Gasteiger partial charge in [-0.15, -0.1) is 0 Å². The van der Waals surface area contributed by atoms with Gasteiger partial charge in [-0.25, -0.2) is 4.39 Å². The fourth-order valence-electron chi connectivity index (χ4n) is 2.49. The molecule has 112 valence electrons. The molecule has 5 heteroatoms. The summed E-state index contributed by atoms with van der Waals surface area (Å²) in [6.45, 7) is 7.08. The van der Waals surface area contributed by atoms with Crippen LogP contribution in [0.1, 0.15) is 5.56 Å². The van der Waals surface area contributed by atoms with Crippen molar-refractivity contribution in [1.29, 1.82) is 0 Å². The second kappa shape index (κ2) is 7.57. The zero-order valence-corrected chi connectivity index (χ0v) is 12.4. The van der Waals surface area contributed by atoms with Crippen molar-refractivity contribution in [2.75, 3.05) is 53.4 Å². The molecule has 0 atom stereocenters. The predicted octanol–water partition coefficient (Wildman–Crippen LogP) is 1.17. The molecule has 20 heavy (non-hydrogen) atoms. The van der Waals surface area contributed by atoms with Crippen molar-refractivity contribution in [2.45, 2.75) is 6.54 Å². The largest absolute Gasteiger partial charge is 0.496 e. The number of hydrogen-bond acceptors (Lipinski definition) is 4. The Labute approximate surface area is 120 Å². The number of ether oxygens (including phenoxy) is 1. The minimum absolute atomic E-state index is 0.212. The Balaban J connectivity index is 1.84. The van der Waals surface area contributed by atoms with Gasteiger partial charge in [0.05, 0.1) is 7.11 Å². The van der Waals surface area contributed by atoms with Gasteiger partial charge >= 0.3 is 0 Å². The van der Waals surface area contributed by atoms with E-state index < -0.39 is 0 Å². The van der Waals surface area contributed by atoms with Crippen molar-refractivity contribution in [3.63, 3.8) is 0 Å². The molecule has 2 rings (SSSR count). The fraction of sp³-hybridized carbons (Fsp3) is 0.600. The van der Waals surface area contributed by atoms with Crippen LogP contribution in [-0.4, -0.2) is 63.2 Å². The van der Waals surface area contributed by atoms with Crippen LogP contribution >= 0.6 is 0 Å². The van der Waals surface area contributed by atoms with Crippen LogP contribution in [-0.2, 0) is 6.54 Å². The first-order valence-corrected chi connectivity index (χ1v) is 7.13. The van der Waals surface area contributed by atoms with E-state index >= 15 is 0 Å². The maximum Gasteiger partial charge on any atom is 0.123 e. The van der Waals surface area contributed by atoms with Gasteiger partial charge in [-0.2, -0.15) is 0 Å². The summed E-state index contributed by atoms with van der Waals surface area (Å²) < 4.78 is 18.6. The normalized spacial score (nSPS) is 16.6. The van der Waals surface area contributed by atoms with Gasteiger partial charge in [0.25, 0.3) is 0 Å². The lowest BCUT2D eigenvalue weighted by Crippen LogP contribution is -2.45. The fourth-order valence-corrected chi connectivity index (χ4v) is 2.49. The molecule has 1 aliphatic heterocycles. The average molecular weight is 281 g/mol. The first kappa shape index (κ1) is 15.2. The molecule has 0 spiro atoms. The van der Waals surface area contributed by atoms with E-state index in [2.05, 4.69) is 22.2 Å². The standard InChI is InChI=1S/C15H24FN3O/c1-18(9-10-19-7-5-17-6-8-19)12-13-11-14(16)3-4-15(13)20-2/h3-4,11,17H,5-10,12H2,1-2H3. The summed E-state index contributed by atoms with van der Waals surface area (Å²) in [4.78, 5) is 4.66. The van der Waals surface area contributed by atoms with Gasteiger partial charge in [0.15, 0.2) is 0 Å². The molecule has 1 aliphatic rings. The quantitative estimate of drug-likeness (QED) is 0.847. The van der Waals surface area contributed by atoms with Crippen LogP contribution in [0.3, 0.4) is 0 Å². The lowest BCUT2D eigenvalue weighted by atomic mass is 10.2. The van der Waals surface area contributed by atoms with Gasteiger partial charge in [0.2, 0.25) is 0 Å². The van der Waals surface area contributed by atoms with E-state index in [9.17, 15) is 4.39 Å². The number of nitrogens with zero attached hydrogens (tertiary/aromatic N) is 2. The maximum atomic E-state index is 13.3. The molecule has 0 unspecified atom stereocenters. The van der Waals surface area contributed by atoms with Gasteiger partial charge in [-0.05, 0) is 25.2 Å². The second-order valence-electron chi connectivity index (χ2n) is 5.29. The zero-order valence-electron chi connectivity index (χ0n) is 12.4. The van der Waals surface area contributed by atoms with Gasteiger partial charge in [0, 0.05) is 51.4 Å². The number of halogens is 1. The van der Waals surface area contributed by atoms with E-state index in [0.29, 0.717) is 6.54 Å². The third-order valence-electron chi connectivity index (χ3n) is 3.69. The van der Waals surface area contributed by atoms with Gasteiger partial charge < -0.3 is 15.0 Å². The van der Waals surface area contributed by atoms with E-state index in [1.165, 1.54) is 6.07 Å².